The maximum atomic E-state index is 11.5. The van der Waals surface area contributed by atoms with Crippen molar-refractivity contribution in [2.45, 2.75) is 25.3 Å². The molecule has 1 atom stereocenters. The van der Waals surface area contributed by atoms with E-state index in [0.717, 1.165) is 0 Å². The zero-order chi connectivity index (χ0) is 10.5. The summed E-state index contributed by atoms with van der Waals surface area (Å²) in [5, 5.41) is 8.52. The van der Waals surface area contributed by atoms with E-state index < -0.39 is 24.5 Å². The van der Waals surface area contributed by atoms with Crippen LogP contribution in [0.15, 0.2) is 0 Å². The van der Waals surface area contributed by atoms with Gasteiger partial charge in [-0.2, -0.15) is 0 Å². The molecule has 4 nitrogen and oxygen atoms in total. The molecule has 0 aliphatic heterocycles. The number of carboxylic acid groups (broad SMARTS) is 1. The second-order valence-electron chi connectivity index (χ2n) is 2.94. The molecule has 0 aliphatic carbocycles. The van der Waals surface area contributed by atoms with Crippen molar-refractivity contribution in [3.05, 3.63) is 0 Å². The van der Waals surface area contributed by atoms with Crippen LogP contribution in [0.2, 0.25) is 0 Å². The van der Waals surface area contributed by atoms with Crippen LogP contribution in [0.3, 0.4) is 0 Å². The molecule has 0 aliphatic rings. The fraction of sp³-hybridized carbons (Fsp3) is 0.857. The Morgan fingerprint density at radius 2 is 2.23 bits per heavy atom. The van der Waals surface area contributed by atoms with Gasteiger partial charge < -0.3 is 15.6 Å². The summed E-state index contributed by atoms with van der Waals surface area (Å²) in [6.07, 6.45) is -2.52. The van der Waals surface area contributed by atoms with E-state index in [2.05, 4.69) is 4.74 Å². The first-order chi connectivity index (χ1) is 5.86. The highest BCUT2D eigenvalue weighted by molar-refractivity contribution is 5.77. The lowest BCUT2D eigenvalue weighted by molar-refractivity contribution is -0.143. The minimum Gasteiger partial charge on any atom is -0.480 e. The standard InChI is InChI=1S/C7H13F2NO3/c1-7(10,6(11)12)2-3-13-4-5(8)9/h5H,2-4,10H2,1H3,(H,11,12). The third kappa shape index (κ3) is 5.48. The lowest BCUT2D eigenvalue weighted by Crippen LogP contribution is -2.45. The summed E-state index contributed by atoms with van der Waals surface area (Å²) in [4.78, 5) is 10.4. The molecule has 0 heterocycles. The maximum Gasteiger partial charge on any atom is 0.323 e. The van der Waals surface area contributed by atoms with Gasteiger partial charge in [-0.3, -0.25) is 4.79 Å². The van der Waals surface area contributed by atoms with E-state index in [1.54, 1.807) is 0 Å². The average Bonchev–Trinajstić information content (AvgIpc) is 1.97. The molecule has 0 radical (unpaired) electrons. The highest BCUT2D eigenvalue weighted by atomic mass is 19.3. The van der Waals surface area contributed by atoms with Gasteiger partial charge >= 0.3 is 5.97 Å². The largest absolute Gasteiger partial charge is 0.480 e. The van der Waals surface area contributed by atoms with Gasteiger partial charge in [-0.1, -0.05) is 0 Å². The van der Waals surface area contributed by atoms with Gasteiger partial charge in [-0.05, 0) is 13.3 Å². The molecular formula is C7H13F2NO3. The van der Waals surface area contributed by atoms with Crippen LogP contribution in [0.25, 0.3) is 0 Å². The Morgan fingerprint density at radius 3 is 2.62 bits per heavy atom. The van der Waals surface area contributed by atoms with Crippen LogP contribution >= 0.6 is 0 Å². The third-order valence-electron chi connectivity index (χ3n) is 1.50. The first-order valence-electron chi connectivity index (χ1n) is 3.74. The Hall–Kier alpha value is -0.750. The van der Waals surface area contributed by atoms with Crippen LogP contribution in [-0.2, 0) is 9.53 Å². The number of hydrogen-bond donors (Lipinski definition) is 2. The van der Waals surface area contributed by atoms with Crippen LogP contribution in [-0.4, -0.2) is 36.3 Å². The van der Waals surface area contributed by atoms with Crippen LogP contribution in [0.5, 0.6) is 0 Å². The number of rotatable bonds is 6. The quantitative estimate of drug-likeness (QED) is 0.607. The van der Waals surface area contributed by atoms with E-state index in [0.29, 0.717) is 0 Å². The molecule has 0 fully saturated rings. The van der Waals surface area contributed by atoms with Crippen molar-refractivity contribution in [2.75, 3.05) is 13.2 Å². The molecule has 0 spiro atoms. The van der Waals surface area contributed by atoms with E-state index in [1.807, 2.05) is 0 Å². The lowest BCUT2D eigenvalue weighted by Gasteiger charge is -2.18. The number of hydrogen-bond acceptors (Lipinski definition) is 3. The second kappa shape index (κ2) is 5.08. The number of ether oxygens (including phenoxy) is 1. The van der Waals surface area contributed by atoms with Gasteiger partial charge in [0.2, 0.25) is 0 Å². The van der Waals surface area contributed by atoms with E-state index in [-0.39, 0.29) is 13.0 Å². The SMILES string of the molecule is CC(N)(CCOCC(F)F)C(=O)O. The molecule has 0 aromatic rings. The first kappa shape index (κ1) is 12.2. The van der Waals surface area contributed by atoms with E-state index >= 15 is 0 Å². The van der Waals surface area contributed by atoms with Crippen molar-refractivity contribution in [2.24, 2.45) is 5.73 Å². The van der Waals surface area contributed by atoms with E-state index in [1.165, 1.54) is 6.92 Å². The van der Waals surface area contributed by atoms with Gasteiger partial charge in [0.15, 0.2) is 0 Å². The van der Waals surface area contributed by atoms with Gasteiger partial charge in [-0.15, -0.1) is 0 Å². The Labute approximate surface area is 74.7 Å². The molecule has 0 amide bonds. The Morgan fingerprint density at radius 1 is 1.69 bits per heavy atom. The molecule has 1 unspecified atom stereocenters. The maximum absolute atomic E-state index is 11.5. The number of carboxylic acids is 1. The molecule has 13 heavy (non-hydrogen) atoms. The number of halogens is 2. The minimum atomic E-state index is -2.53. The van der Waals surface area contributed by atoms with Gasteiger partial charge in [0.05, 0.1) is 0 Å². The molecule has 0 saturated carbocycles. The first-order valence-corrected chi connectivity index (χ1v) is 3.74. The molecule has 0 bridgehead atoms. The number of nitrogens with two attached hydrogens (primary N) is 1. The summed E-state index contributed by atoms with van der Waals surface area (Å²) in [6.45, 7) is 0.542. The van der Waals surface area contributed by atoms with Crippen molar-refractivity contribution in [3.63, 3.8) is 0 Å². The predicted octanol–water partition coefficient (Wildman–Crippen LogP) is 0.460. The number of carbonyl (C=O) groups is 1. The topological polar surface area (TPSA) is 72.5 Å². The summed E-state index contributed by atoms with van der Waals surface area (Å²) >= 11 is 0. The normalized spacial score (nSPS) is 15.8. The van der Waals surface area contributed by atoms with Gasteiger partial charge in [0, 0.05) is 6.61 Å². The smallest absolute Gasteiger partial charge is 0.323 e. The molecular weight excluding hydrogens is 184 g/mol. The molecule has 0 saturated heterocycles. The third-order valence-corrected chi connectivity index (χ3v) is 1.50. The zero-order valence-corrected chi connectivity index (χ0v) is 7.30. The van der Waals surface area contributed by atoms with Crippen LogP contribution in [0, 0.1) is 0 Å². The van der Waals surface area contributed by atoms with Gasteiger partial charge in [0.25, 0.3) is 6.43 Å². The van der Waals surface area contributed by atoms with Crippen LogP contribution in [0.1, 0.15) is 13.3 Å². The highest BCUT2D eigenvalue weighted by Gasteiger charge is 2.27. The fourth-order valence-corrected chi connectivity index (χ4v) is 0.564. The Balaban J connectivity index is 3.58. The zero-order valence-electron chi connectivity index (χ0n) is 7.30. The number of alkyl halides is 2. The summed E-state index contributed by atoms with van der Waals surface area (Å²) in [5.41, 5.74) is 3.89. The van der Waals surface area contributed by atoms with Gasteiger partial charge in [-0.25, -0.2) is 8.78 Å². The molecule has 0 rings (SSSR count). The summed E-state index contributed by atoms with van der Waals surface area (Å²) < 4.78 is 27.6. The van der Waals surface area contributed by atoms with Crippen LogP contribution in [0.4, 0.5) is 8.78 Å². The van der Waals surface area contributed by atoms with Crippen LogP contribution < -0.4 is 5.73 Å². The van der Waals surface area contributed by atoms with Crippen molar-refractivity contribution in [1.82, 2.24) is 0 Å². The summed E-state index contributed by atoms with van der Waals surface area (Å²) in [6, 6.07) is 0. The molecule has 3 N–H and O–H groups in total. The Kier molecular flexibility index (Phi) is 4.79. The van der Waals surface area contributed by atoms with Crippen molar-refractivity contribution in [3.8, 4) is 0 Å². The number of aliphatic carboxylic acids is 1. The van der Waals surface area contributed by atoms with Crippen molar-refractivity contribution < 1.29 is 23.4 Å². The second-order valence-corrected chi connectivity index (χ2v) is 2.94. The predicted molar refractivity (Wildman–Crippen MR) is 41.7 cm³/mol. The monoisotopic (exact) mass is 197 g/mol. The van der Waals surface area contributed by atoms with E-state index in [4.69, 9.17) is 10.8 Å². The summed E-state index contributed by atoms with van der Waals surface area (Å²) in [5.74, 6) is -1.17. The van der Waals surface area contributed by atoms with Crippen molar-refractivity contribution in [1.29, 1.82) is 0 Å². The minimum absolute atomic E-state index is 0.00898. The highest BCUT2D eigenvalue weighted by Crippen LogP contribution is 2.06. The van der Waals surface area contributed by atoms with Gasteiger partial charge in [0.1, 0.15) is 12.1 Å². The molecule has 0 aromatic carbocycles. The van der Waals surface area contributed by atoms with Crippen molar-refractivity contribution >= 4 is 5.97 Å². The lowest BCUT2D eigenvalue weighted by atomic mass is 10.0. The average molecular weight is 197 g/mol. The molecule has 78 valence electrons. The molecule has 6 heteroatoms. The fourth-order valence-electron chi connectivity index (χ4n) is 0.564. The van der Waals surface area contributed by atoms with E-state index in [9.17, 15) is 13.6 Å². The molecule has 0 aromatic heterocycles. The Bertz CT molecular complexity index is 173. The summed E-state index contributed by atoms with van der Waals surface area (Å²) in [7, 11) is 0.